The van der Waals surface area contributed by atoms with Crippen LogP contribution in [0.2, 0.25) is 0 Å². The van der Waals surface area contributed by atoms with Crippen LogP contribution in [0.3, 0.4) is 0 Å². The number of phenols is 1. The number of non-ortho nitro benzene ring substituents is 1. The maximum Gasteiger partial charge on any atom is 0.337 e. The number of ether oxygens (including phenoxy) is 1. The summed E-state index contributed by atoms with van der Waals surface area (Å²) in [6.07, 6.45) is 0. The first kappa shape index (κ1) is 77.3. The number of H-pyrrole nitrogens is 5. The van der Waals surface area contributed by atoms with Crippen LogP contribution in [0.4, 0.5) is 11.4 Å². The number of aromatic nitrogens is 10. The highest BCUT2D eigenvalue weighted by atomic mass is 16.6. The highest BCUT2D eigenvalue weighted by molar-refractivity contribution is 5.94. The number of imidazole rings is 5. The molecule has 0 saturated carbocycles. The van der Waals surface area contributed by atoms with Gasteiger partial charge in [0.2, 0.25) is 0 Å². The Morgan fingerprint density at radius 1 is 0.481 bits per heavy atom. The predicted octanol–water partition coefficient (Wildman–Crippen LogP) is 16.3. The fourth-order valence-electron chi connectivity index (χ4n) is 6.17. The lowest BCUT2D eigenvalue weighted by Crippen LogP contribution is -2.00. The van der Waals surface area contributed by atoms with Gasteiger partial charge in [-0.05, 0) is 107 Å². The number of benzene rings is 5. The molecule has 0 fully saturated rings. The molecule has 19 nitrogen and oxygen atoms in total. The molecule has 0 aliphatic heterocycles. The minimum absolute atomic E-state index is 0. The maximum absolute atomic E-state index is 11.2. The molecule has 0 bridgehead atoms. The lowest BCUT2D eigenvalue weighted by molar-refractivity contribution is -0.384. The van der Waals surface area contributed by atoms with E-state index in [1.807, 2.05) is 122 Å². The van der Waals surface area contributed by atoms with Crippen LogP contribution in [0.5, 0.6) is 5.75 Å². The number of nitro groups is 1. The number of aromatic hydroxyl groups is 1. The lowest BCUT2D eigenvalue weighted by Gasteiger charge is -1.97. The van der Waals surface area contributed by atoms with Crippen molar-refractivity contribution in [2.24, 2.45) is 0 Å². The van der Waals surface area contributed by atoms with Crippen molar-refractivity contribution in [3.63, 3.8) is 0 Å². The standard InChI is InChI=1S/C10H10N2O2.C9H8N2O2.C8H7N3O2.C8H9N3.C8H8N2O.5C2H6.5CH4/c1-6-11-8-4-3-7(10(13)14-2)5-9(8)12-6;1-5-10-7-3-2-6(9(12)13)4-8(7)11-5;1-5-9-7-3-2-6(11(12)13)4-8(7)10-5;1-5-10-7-3-2-6(9)4-8(7)11-5;1-5-9-7-3-2-6(11)4-8(7)10-5;5*1-2;;;;;/h3-5H,1-2H3,(H,11,12);2-4H,1H3,(H,10,11)(H,12,13);2-4H,1H3,(H,9,10);2-4H,9H2,1H3,(H,10,11);2-4,11H,1H3,(H,9,10);5*1-2H3;5*1H4. The van der Waals surface area contributed by atoms with Crippen LogP contribution < -0.4 is 5.73 Å². The highest BCUT2D eigenvalue weighted by Crippen LogP contribution is 2.20. The number of nitro benzene ring substituents is 1. The molecule has 0 unspecified atom stereocenters. The summed E-state index contributed by atoms with van der Waals surface area (Å²) >= 11 is 0. The average Bonchev–Trinajstić information content (AvgIpc) is 4.22. The Morgan fingerprint density at radius 3 is 1.14 bits per heavy atom. The number of anilines is 1. The fourth-order valence-corrected chi connectivity index (χ4v) is 6.17. The van der Waals surface area contributed by atoms with Gasteiger partial charge < -0.3 is 45.6 Å². The van der Waals surface area contributed by atoms with Gasteiger partial charge >= 0.3 is 11.9 Å². The number of carboxylic acid groups (broad SMARTS) is 1. The molecule has 9 N–H and O–H groups in total. The minimum atomic E-state index is -0.922. The second-order valence-electron chi connectivity index (χ2n) is 13.8. The summed E-state index contributed by atoms with van der Waals surface area (Å²) in [5.74, 6) is 3.18. The van der Waals surface area contributed by atoms with E-state index in [2.05, 4.69) is 54.6 Å². The van der Waals surface area contributed by atoms with Crippen molar-refractivity contribution in [2.45, 2.75) is 141 Å². The molecular formula is C58H92N12O7. The molecule has 19 heteroatoms. The topological polar surface area (TPSA) is 296 Å². The van der Waals surface area contributed by atoms with Gasteiger partial charge in [0.05, 0.1) is 78.3 Å². The second kappa shape index (κ2) is 39.8. The Bertz CT molecular complexity index is 3050. The first-order valence-electron chi connectivity index (χ1n) is 23.8. The molecule has 5 heterocycles. The zero-order valence-corrected chi connectivity index (χ0v) is 44.4. The van der Waals surface area contributed by atoms with Crippen LogP contribution >= 0.6 is 0 Å². The number of carboxylic acids is 1. The van der Waals surface area contributed by atoms with Crippen LogP contribution in [0, 0.1) is 44.7 Å². The first-order chi connectivity index (χ1) is 34.5. The summed E-state index contributed by atoms with van der Waals surface area (Å²) in [6, 6.07) is 25.3. The largest absolute Gasteiger partial charge is 0.508 e. The van der Waals surface area contributed by atoms with Gasteiger partial charge in [-0.1, -0.05) is 106 Å². The van der Waals surface area contributed by atoms with Crippen molar-refractivity contribution < 1.29 is 29.5 Å². The first-order valence-corrected chi connectivity index (χ1v) is 23.8. The third-order valence-electron chi connectivity index (χ3n) is 8.87. The third-order valence-corrected chi connectivity index (χ3v) is 8.87. The molecule has 10 aromatic rings. The number of nitrogens with zero attached hydrogens (tertiary/aromatic N) is 6. The van der Waals surface area contributed by atoms with Crippen LogP contribution in [0.1, 0.15) is 156 Å². The molecule has 0 atom stereocenters. The molecule has 0 spiro atoms. The number of methoxy groups -OCH3 is 1. The quantitative estimate of drug-likeness (QED) is 0.0354. The number of aromatic amines is 5. The molecule has 0 radical (unpaired) electrons. The fraction of sp³-hybridized carbons (Fsp3) is 0.362. The Kier molecular flexibility index (Phi) is 40.0. The SMILES string of the molecule is C.C.C.C.C.CC.CC.CC.CC.CC.COC(=O)c1ccc2nc(C)[nH]c2c1.Cc1nc2ccc(C(=O)O)cc2[nH]1.Cc1nc2ccc(N)cc2[nH]1.Cc1nc2ccc(O)cc2[nH]1.Cc1nc2ccc([N+](=O)[O-])cc2[nH]1. The summed E-state index contributed by atoms with van der Waals surface area (Å²) in [4.78, 5) is 67.9. The number of phenolic OH excluding ortho intramolecular Hbond substituents is 1. The molecular weight excluding hydrogens is 977 g/mol. The van der Waals surface area contributed by atoms with Crippen molar-refractivity contribution in [3.8, 4) is 5.75 Å². The zero-order valence-electron chi connectivity index (χ0n) is 44.4. The lowest BCUT2D eigenvalue weighted by atomic mass is 10.2. The highest BCUT2D eigenvalue weighted by Gasteiger charge is 2.09. The van der Waals surface area contributed by atoms with Crippen molar-refractivity contribution in [3.05, 3.63) is 141 Å². The molecule has 5 aromatic heterocycles. The summed E-state index contributed by atoms with van der Waals surface area (Å²) in [6.45, 7) is 29.3. The average molecular weight is 1070 g/mol. The molecule has 77 heavy (non-hydrogen) atoms. The Morgan fingerprint density at radius 2 is 0.779 bits per heavy atom. The molecule has 426 valence electrons. The number of hydrogen-bond acceptors (Lipinski definition) is 12. The van der Waals surface area contributed by atoms with Gasteiger partial charge in [0.1, 0.15) is 34.9 Å². The zero-order chi connectivity index (χ0) is 54.7. The van der Waals surface area contributed by atoms with Crippen molar-refractivity contribution in [2.75, 3.05) is 12.8 Å². The van der Waals surface area contributed by atoms with E-state index in [0.717, 1.165) is 84.5 Å². The monoisotopic (exact) mass is 1070 g/mol. The Balaban J connectivity index is -0.000000265. The summed E-state index contributed by atoms with van der Waals surface area (Å²) < 4.78 is 4.62. The van der Waals surface area contributed by atoms with E-state index in [1.54, 1.807) is 60.7 Å². The molecule has 10 rings (SSSR count). The van der Waals surface area contributed by atoms with E-state index in [-0.39, 0.29) is 60.1 Å². The number of nitrogens with two attached hydrogens (primary N) is 1. The number of carbonyl (C=O) groups is 2. The van der Waals surface area contributed by atoms with Gasteiger partial charge in [0.15, 0.2) is 0 Å². The van der Waals surface area contributed by atoms with Gasteiger partial charge in [0, 0.05) is 23.9 Å². The Hall–Kier alpha value is -8.61. The number of esters is 1. The number of fused-ring (bicyclic) bond motifs is 5. The van der Waals surface area contributed by atoms with E-state index in [1.165, 1.54) is 19.2 Å². The number of aromatic carboxylic acids is 1. The van der Waals surface area contributed by atoms with Crippen LogP contribution in [-0.2, 0) is 4.74 Å². The third kappa shape index (κ3) is 23.6. The van der Waals surface area contributed by atoms with Crippen LogP contribution in [0.25, 0.3) is 55.2 Å². The number of carbonyl (C=O) groups excluding carboxylic acids is 1. The van der Waals surface area contributed by atoms with E-state index in [4.69, 9.17) is 15.9 Å². The summed E-state index contributed by atoms with van der Waals surface area (Å²) in [5.41, 5.74) is 15.7. The van der Waals surface area contributed by atoms with E-state index >= 15 is 0 Å². The Labute approximate surface area is 457 Å². The van der Waals surface area contributed by atoms with E-state index in [0.29, 0.717) is 11.1 Å². The second-order valence-corrected chi connectivity index (χ2v) is 13.8. The van der Waals surface area contributed by atoms with Gasteiger partial charge in [-0.25, -0.2) is 34.5 Å². The molecule has 0 aliphatic rings. The van der Waals surface area contributed by atoms with Gasteiger partial charge in [-0.2, -0.15) is 0 Å². The number of rotatable bonds is 3. The summed E-state index contributed by atoms with van der Waals surface area (Å²) in [7, 11) is 1.37. The smallest absolute Gasteiger partial charge is 0.337 e. The molecule has 0 saturated heterocycles. The molecule has 0 aliphatic carbocycles. The molecule has 5 aromatic carbocycles. The minimum Gasteiger partial charge on any atom is -0.508 e. The van der Waals surface area contributed by atoms with Crippen molar-refractivity contribution in [1.82, 2.24) is 49.8 Å². The maximum atomic E-state index is 11.2. The van der Waals surface area contributed by atoms with Crippen LogP contribution in [0.15, 0.2) is 91.0 Å². The normalized spacial score (nSPS) is 8.88. The number of aryl methyl sites for hydroxylation is 5. The van der Waals surface area contributed by atoms with Crippen molar-refractivity contribution in [1.29, 1.82) is 0 Å². The van der Waals surface area contributed by atoms with Gasteiger partial charge in [0.25, 0.3) is 5.69 Å². The molecule has 0 amide bonds. The number of nitrogens with one attached hydrogen (secondary N) is 5. The number of nitrogen functional groups attached to an aromatic ring is 1. The predicted molar refractivity (Wildman–Crippen MR) is 326 cm³/mol. The van der Waals surface area contributed by atoms with Crippen LogP contribution in [-0.4, -0.2) is 84.0 Å². The van der Waals surface area contributed by atoms with Crippen molar-refractivity contribution >= 4 is 78.5 Å². The van der Waals surface area contributed by atoms with Gasteiger partial charge in [-0.3, -0.25) is 10.1 Å². The van der Waals surface area contributed by atoms with E-state index < -0.39 is 10.9 Å². The van der Waals surface area contributed by atoms with E-state index in [9.17, 15) is 19.7 Å². The summed E-state index contributed by atoms with van der Waals surface area (Å²) in [5, 5.41) is 28.2. The number of hydrogen-bond donors (Lipinski definition) is 8. The van der Waals surface area contributed by atoms with Gasteiger partial charge in [-0.15, -0.1) is 0 Å².